The summed E-state index contributed by atoms with van der Waals surface area (Å²) in [6.45, 7) is 5.26. The molecule has 2 heterocycles. The molecule has 1 N–H and O–H groups in total. The standard InChI is InChI=1S/C11H14BrN3O/c1-11(2)10(16)13-6-7-15(11)9-5-3-4-8(12)14-9/h3-5H,6-7H2,1-2H3,(H,13,16). The van der Waals surface area contributed by atoms with Crippen LogP contribution in [0.1, 0.15) is 13.8 Å². The number of nitrogens with one attached hydrogen (secondary N) is 1. The van der Waals surface area contributed by atoms with Crippen LogP contribution in [0.15, 0.2) is 22.8 Å². The summed E-state index contributed by atoms with van der Waals surface area (Å²) in [6.07, 6.45) is 0. The second kappa shape index (κ2) is 4.05. The maximum atomic E-state index is 11.8. The summed E-state index contributed by atoms with van der Waals surface area (Å²) in [5, 5.41) is 2.87. The van der Waals surface area contributed by atoms with E-state index in [2.05, 4.69) is 26.2 Å². The summed E-state index contributed by atoms with van der Waals surface area (Å²) in [4.78, 5) is 18.2. The van der Waals surface area contributed by atoms with E-state index in [9.17, 15) is 4.79 Å². The van der Waals surface area contributed by atoms with Crippen LogP contribution in [0.4, 0.5) is 5.82 Å². The minimum absolute atomic E-state index is 0.0422. The molecule has 1 aliphatic heterocycles. The number of rotatable bonds is 1. The first-order chi connectivity index (χ1) is 7.51. The van der Waals surface area contributed by atoms with Gasteiger partial charge in [0.2, 0.25) is 5.91 Å². The topological polar surface area (TPSA) is 45.2 Å². The fourth-order valence-corrected chi connectivity index (χ4v) is 2.18. The highest BCUT2D eigenvalue weighted by atomic mass is 79.9. The highest BCUT2D eigenvalue weighted by Gasteiger charge is 2.38. The lowest BCUT2D eigenvalue weighted by atomic mass is 9.99. The number of carbonyl (C=O) groups excluding carboxylic acids is 1. The van der Waals surface area contributed by atoms with E-state index in [1.54, 1.807) is 0 Å². The number of piperazine rings is 1. The maximum Gasteiger partial charge on any atom is 0.245 e. The number of amides is 1. The number of anilines is 1. The van der Waals surface area contributed by atoms with Crippen molar-refractivity contribution in [2.24, 2.45) is 0 Å². The van der Waals surface area contributed by atoms with Gasteiger partial charge in [-0.05, 0) is 41.9 Å². The minimum Gasteiger partial charge on any atom is -0.352 e. The van der Waals surface area contributed by atoms with Crippen LogP contribution < -0.4 is 10.2 Å². The summed E-state index contributed by atoms with van der Waals surface area (Å²) in [5.41, 5.74) is -0.550. The largest absolute Gasteiger partial charge is 0.352 e. The van der Waals surface area contributed by atoms with Crippen LogP contribution in [0, 0.1) is 0 Å². The summed E-state index contributed by atoms with van der Waals surface area (Å²) < 4.78 is 0.784. The SMILES string of the molecule is CC1(C)C(=O)NCCN1c1cccc(Br)n1. The molecule has 0 bridgehead atoms. The van der Waals surface area contributed by atoms with Crippen molar-refractivity contribution in [2.45, 2.75) is 19.4 Å². The molecule has 86 valence electrons. The van der Waals surface area contributed by atoms with Gasteiger partial charge in [-0.1, -0.05) is 6.07 Å². The Morgan fingerprint density at radius 3 is 2.94 bits per heavy atom. The zero-order valence-corrected chi connectivity index (χ0v) is 10.9. The van der Waals surface area contributed by atoms with Crippen molar-refractivity contribution in [2.75, 3.05) is 18.0 Å². The lowest BCUT2D eigenvalue weighted by Crippen LogP contribution is -2.62. The van der Waals surface area contributed by atoms with E-state index in [-0.39, 0.29) is 5.91 Å². The van der Waals surface area contributed by atoms with Crippen LogP contribution >= 0.6 is 15.9 Å². The van der Waals surface area contributed by atoms with Gasteiger partial charge < -0.3 is 10.2 Å². The summed E-state index contributed by atoms with van der Waals surface area (Å²) in [6, 6.07) is 5.72. The Kier molecular flexibility index (Phi) is 2.88. The molecule has 0 aliphatic carbocycles. The first-order valence-electron chi connectivity index (χ1n) is 5.20. The van der Waals surface area contributed by atoms with Gasteiger partial charge in [0.1, 0.15) is 16.0 Å². The molecule has 2 rings (SSSR count). The van der Waals surface area contributed by atoms with Crippen molar-refractivity contribution in [1.82, 2.24) is 10.3 Å². The fraction of sp³-hybridized carbons (Fsp3) is 0.455. The van der Waals surface area contributed by atoms with Gasteiger partial charge in [-0.25, -0.2) is 4.98 Å². The van der Waals surface area contributed by atoms with E-state index >= 15 is 0 Å². The van der Waals surface area contributed by atoms with E-state index in [4.69, 9.17) is 0 Å². The molecule has 5 heteroatoms. The molecule has 0 saturated carbocycles. The molecule has 1 amide bonds. The van der Waals surface area contributed by atoms with Crippen molar-refractivity contribution in [3.63, 3.8) is 0 Å². The van der Waals surface area contributed by atoms with Gasteiger partial charge in [0.15, 0.2) is 0 Å². The molecule has 1 fully saturated rings. The van der Waals surface area contributed by atoms with Crippen molar-refractivity contribution in [3.8, 4) is 0 Å². The Morgan fingerprint density at radius 1 is 1.50 bits per heavy atom. The van der Waals surface area contributed by atoms with Crippen molar-refractivity contribution in [1.29, 1.82) is 0 Å². The normalized spacial score (nSPS) is 19.4. The molecule has 1 aromatic heterocycles. The average Bonchev–Trinajstić information content (AvgIpc) is 2.22. The highest BCUT2D eigenvalue weighted by molar-refractivity contribution is 9.10. The Hall–Kier alpha value is -1.10. The fourth-order valence-electron chi connectivity index (χ4n) is 1.85. The van der Waals surface area contributed by atoms with Crippen LogP contribution in [0.2, 0.25) is 0 Å². The Balaban J connectivity index is 2.36. The molecule has 0 radical (unpaired) electrons. The molecular weight excluding hydrogens is 270 g/mol. The Bertz CT molecular complexity index is 419. The number of pyridine rings is 1. The van der Waals surface area contributed by atoms with Gasteiger partial charge in [0.05, 0.1) is 0 Å². The molecule has 0 unspecified atom stereocenters. The zero-order chi connectivity index (χ0) is 11.8. The second-order valence-corrected chi connectivity index (χ2v) is 5.10. The molecule has 1 aliphatic rings. The second-order valence-electron chi connectivity index (χ2n) is 4.29. The van der Waals surface area contributed by atoms with Crippen LogP contribution in [0.3, 0.4) is 0 Å². The molecular formula is C11H14BrN3O. The first kappa shape index (κ1) is 11.4. The van der Waals surface area contributed by atoms with Crippen LogP contribution in [0.25, 0.3) is 0 Å². The molecule has 16 heavy (non-hydrogen) atoms. The van der Waals surface area contributed by atoms with Crippen LogP contribution in [-0.2, 0) is 4.79 Å². The molecule has 4 nitrogen and oxygen atoms in total. The third-order valence-electron chi connectivity index (χ3n) is 2.83. The number of hydrogen-bond donors (Lipinski definition) is 1. The summed E-state index contributed by atoms with van der Waals surface area (Å²) >= 11 is 3.34. The lowest BCUT2D eigenvalue weighted by Gasteiger charge is -2.42. The van der Waals surface area contributed by atoms with Crippen LogP contribution in [0.5, 0.6) is 0 Å². The summed E-state index contributed by atoms with van der Waals surface area (Å²) in [7, 11) is 0. The van der Waals surface area contributed by atoms with Crippen LogP contribution in [-0.4, -0.2) is 29.5 Å². The van der Waals surface area contributed by atoms with Crippen molar-refractivity contribution < 1.29 is 4.79 Å². The molecule has 1 aromatic rings. The smallest absolute Gasteiger partial charge is 0.245 e. The van der Waals surface area contributed by atoms with Gasteiger partial charge in [-0.2, -0.15) is 0 Å². The zero-order valence-electron chi connectivity index (χ0n) is 9.33. The molecule has 0 atom stereocenters. The quantitative estimate of drug-likeness (QED) is 0.796. The molecule has 0 spiro atoms. The number of aromatic nitrogens is 1. The van der Waals surface area contributed by atoms with Gasteiger partial charge in [0, 0.05) is 13.1 Å². The molecule has 1 saturated heterocycles. The van der Waals surface area contributed by atoms with Crippen molar-refractivity contribution in [3.05, 3.63) is 22.8 Å². The van der Waals surface area contributed by atoms with E-state index in [0.717, 1.165) is 17.0 Å². The average molecular weight is 284 g/mol. The predicted octanol–water partition coefficient (Wildman–Crippen LogP) is 1.56. The minimum atomic E-state index is -0.550. The van der Waals surface area contributed by atoms with Gasteiger partial charge in [0.25, 0.3) is 0 Å². The number of halogens is 1. The Morgan fingerprint density at radius 2 is 2.25 bits per heavy atom. The van der Waals surface area contributed by atoms with E-state index in [1.165, 1.54) is 0 Å². The monoisotopic (exact) mass is 283 g/mol. The number of hydrogen-bond acceptors (Lipinski definition) is 3. The highest BCUT2D eigenvalue weighted by Crippen LogP contribution is 2.25. The van der Waals surface area contributed by atoms with E-state index in [1.807, 2.05) is 36.9 Å². The number of nitrogens with zero attached hydrogens (tertiary/aromatic N) is 2. The van der Waals surface area contributed by atoms with E-state index in [0.29, 0.717) is 6.54 Å². The van der Waals surface area contributed by atoms with Gasteiger partial charge in [-0.3, -0.25) is 4.79 Å². The first-order valence-corrected chi connectivity index (χ1v) is 5.99. The predicted molar refractivity (Wildman–Crippen MR) is 66.4 cm³/mol. The van der Waals surface area contributed by atoms with Gasteiger partial charge >= 0.3 is 0 Å². The molecule has 0 aromatic carbocycles. The summed E-state index contributed by atoms with van der Waals surface area (Å²) in [5.74, 6) is 0.870. The van der Waals surface area contributed by atoms with Crippen molar-refractivity contribution >= 4 is 27.7 Å². The van der Waals surface area contributed by atoms with E-state index < -0.39 is 5.54 Å². The maximum absolute atomic E-state index is 11.8. The third-order valence-corrected chi connectivity index (χ3v) is 3.27. The van der Waals surface area contributed by atoms with Gasteiger partial charge in [-0.15, -0.1) is 0 Å². The third kappa shape index (κ3) is 1.91. The lowest BCUT2D eigenvalue weighted by molar-refractivity contribution is -0.126. The Labute approximate surface area is 103 Å². The number of carbonyl (C=O) groups is 1.